The molecule has 12 nitrogen and oxygen atoms in total. The highest BCUT2D eigenvalue weighted by molar-refractivity contribution is 6.07. The van der Waals surface area contributed by atoms with Gasteiger partial charge < -0.3 is 25.2 Å². The third-order valence-corrected chi connectivity index (χ3v) is 8.41. The first-order chi connectivity index (χ1) is 21.2. The Hall–Kier alpha value is -4.29. The number of carbonyl (C=O) groups excluding carboxylic acids is 3. The molecule has 5 rings (SSSR count). The molecule has 2 saturated heterocycles. The number of aromatic nitrogens is 3. The Morgan fingerprint density at radius 2 is 1.76 bits per heavy atom. The van der Waals surface area contributed by atoms with Crippen LogP contribution < -0.4 is 10.6 Å². The molecule has 1 aromatic carbocycles. The van der Waals surface area contributed by atoms with Crippen LogP contribution >= 0.6 is 0 Å². The Bertz CT molecular complexity index is 1570. The molecule has 3 aromatic rings. The van der Waals surface area contributed by atoms with Crippen LogP contribution in [0.5, 0.6) is 0 Å². The maximum Gasteiger partial charge on any atom is 0.323 e. The molecule has 4 heterocycles. The zero-order valence-electron chi connectivity index (χ0n) is 27.3. The lowest BCUT2D eigenvalue weighted by atomic mass is 9.97. The van der Waals surface area contributed by atoms with E-state index in [0.29, 0.717) is 18.8 Å². The molecule has 0 saturated carbocycles. The summed E-state index contributed by atoms with van der Waals surface area (Å²) >= 11 is 0. The molecule has 0 bridgehead atoms. The Morgan fingerprint density at radius 3 is 2.42 bits per heavy atom. The number of aryl methyl sites for hydroxylation is 1. The van der Waals surface area contributed by atoms with E-state index in [4.69, 9.17) is 9.72 Å². The van der Waals surface area contributed by atoms with Crippen molar-refractivity contribution in [2.24, 2.45) is 0 Å². The topological polar surface area (TPSA) is 125 Å². The summed E-state index contributed by atoms with van der Waals surface area (Å²) in [5.41, 5.74) is 3.30. The number of anilines is 2. The number of hydrogen-bond donors (Lipinski definition) is 2. The van der Waals surface area contributed by atoms with Gasteiger partial charge in [0, 0.05) is 57.2 Å². The summed E-state index contributed by atoms with van der Waals surface area (Å²) in [6, 6.07) is 9.23. The largest absolute Gasteiger partial charge is 0.379 e. The number of urea groups is 1. The van der Waals surface area contributed by atoms with Crippen LogP contribution in [0.1, 0.15) is 56.2 Å². The fourth-order valence-corrected chi connectivity index (χ4v) is 5.62. The minimum Gasteiger partial charge on any atom is -0.379 e. The molecule has 4 amide bonds. The molecule has 2 aliphatic heterocycles. The minimum atomic E-state index is -1.05. The summed E-state index contributed by atoms with van der Waals surface area (Å²) in [6.07, 6.45) is 3.55. The molecule has 2 aromatic heterocycles. The predicted octanol–water partition coefficient (Wildman–Crippen LogP) is 4.18. The number of benzene rings is 1. The van der Waals surface area contributed by atoms with Crippen molar-refractivity contribution in [3.05, 3.63) is 59.5 Å². The van der Waals surface area contributed by atoms with Crippen molar-refractivity contribution in [2.75, 3.05) is 57.1 Å². The van der Waals surface area contributed by atoms with Gasteiger partial charge in [-0.05, 0) is 70.9 Å². The molecule has 12 heteroatoms. The number of ether oxygens (including phenoxy) is 1. The van der Waals surface area contributed by atoms with Gasteiger partial charge in [0.15, 0.2) is 5.69 Å². The average molecular weight is 617 g/mol. The first-order valence-electron chi connectivity index (χ1n) is 15.4. The summed E-state index contributed by atoms with van der Waals surface area (Å²) < 4.78 is 7.10. The molecule has 2 fully saturated rings. The molecular weight excluding hydrogens is 572 g/mol. The van der Waals surface area contributed by atoms with Gasteiger partial charge in [0.25, 0.3) is 5.91 Å². The monoisotopic (exact) mass is 616 g/mol. The summed E-state index contributed by atoms with van der Waals surface area (Å²) in [5, 5.41) is 10.3. The van der Waals surface area contributed by atoms with E-state index in [-0.39, 0.29) is 17.3 Å². The first-order valence-corrected chi connectivity index (χ1v) is 15.4. The van der Waals surface area contributed by atoms with E-state index in [1.165, 1.54) is 4.90 Å². The second-order valence-electron chi connectivity index (χ2n) is 13.3. The number of nitrogens with zero attached hydrogens (tertiary/aromatic N) is 6. The lowest BCUT2D eigenvalue weighted by Crippen LogP contribution is -2.63. The number of hydrogen-bond acceptors (Lipinski definition) is 7. The van der Waals surface area contributed by atoms with Crippen LogP contribution in [0.4, 0.5) is 16.2 Å². The van der Waals surface area contributed by atoms with E-state index in [9.17, 15) is 14.4 Å². The van der Waals surface area contributed by atoms with Crippen LogP contribution in [0, 0.1) is 6.92 Å². The molecule has 240 valence electrons. The Kier molecular flexibility index (Phi) is 8.99. The third-order valence-electron chi connectivity index (χ3n) is 8.41. The third kappa shape index (κ3) is 7.02. The van der Waals surface area contributed by atoms with Gasteiger partial charge >= 0.3 is 6.03 Å². The van der Waals surface area contributed by atoms with Crippen molar-refractivity contribution >= 4 is 29.2 Å². The number of rotatable bonds is 6. The van der Waals surface area contributed by atoms with Gasteiger partial charge in [0.1, 0.15) is 5.54 Å². The van der Waals surface area contributed by atoms with Crippen LogP contribution in [-0.4, -0.2) is 99.3 Å². The van der Waals surface area contributed by atoms with Crippen LogP contribution in [0.25, 0.3) is 11.3 Å². The smallest absolute Gasteiger partial charge is 0.323 e. The average Bonchev–Trinajstić information content (AvgIpc) is 3.42. The van der Waals surface area contributed by atoms with E-state index in [2.05, 4.69) is 26.7 Å². The van der Waals surface area contributed by atoms with Gasteiger partial charge in [-0.2, -0.15) is 5.10 Å². The van der Waals surface area contributed by atoms with E-state index in [1.54, 1.807) is 36.7 Å². The molecule has 45 heavy (non-hydrogen) atoms. The van der Waals surface area contributed by atoms with E-state index < -0.39 is 23.0 Å². The first kappa shape index (κ1) is 32.1. The Labute approximate surface area is 264 Å². The van der Waals surface area contributed by atoms with Crippen LogP contribution in [0.15, 0.2) is 42.7 Å². The zero-order valence-corrected chi connectivity index (χ0v) is 27.3. The Morgan fingerprint density at radius 1 is 1.02 bits per heavy atom. The van der Waals surface area contributed by atoms with E-state index >= 15 is 0 Å². The number of carbonyl (C=O) groups is 3. The minimum absolute atomic E-state index is 0.0801. The van der Waals surface area contributed by atoms with Gasteiger partial charge in [0.2, 0.25) is 5.91 Å². The van der Waals surface area contributed by atoms with Gasteiger partial charge in [-0.3, -0.25) is 24.2 Å². The molecular formula is C33H44N8O4. The zero-order chi connectivity index (χ0) is 32.5. The molecule has 2 N–H and O–H groups in total. The highest BCUT2D eigenvalue weighted by Crippen LogP contribution is 2.29. The fraction of sp³-hybridized carbons (Fsp3) is 0.485. The molecule has 0 aliphatic carbocycles. The summed E-state index contributed by atoms with van der Waals surface area (Å²) in [7, 11) is 1.73. The molecule has 2 aliphatic rings. The number of likely N-dealkylation sites (N-methyl/N-ethyl adjacent to an activating group) is 1. The predicted molar refractivity (Wildman–Crippen MR) is 173 cm³/mol. The summed E-state index contributed by atoms with van der Waals surface area (Å²) in [6.45, 7) is 16.3. The number of piperazine rings is 1. The summed E-state index contributed by atoms with van der Waals surface area (Å²) in [4.78, 5) is 50.3. The van der Waals surface area contributed by atoms with E-state index in [0.717, 1.165) is 55.2 Å². The van der Waals surface area contributed by atoms with Gasteiger partial charge in [-0.15, -0.1) is 0 Å². The number of pyridine rings is 1. The summed E-state index contributed by atoms with van der Waals surface area (Å²) in [5.74, 6) is -0.568. The fourth-order valence-electron chi connectivity index (χ4n) is 5.62. The molecule has 0 unspecified atom stereocenters. The van der Waals surface area contributed by atoms with Crippen molar-refractivity contribution in [3.8, 4) is 11.3 Å². The van der Waals surface area contributed by atoms with E-state index in [1.807, 2.05) is 58.2 Å². The molecule has 0 radical (unpaired) electrons. The normalized spacial score (nSPS) is 17.4. The van der Waals surface area contributed by atoms with Crippen LogP contribution in [0.3, 0.4) is 0 Å². The number of nitrogens with one attached hydrogen (secondary N) is 2. The van der Waals surface area contributed by atoms with Crippen molar-refractivity contribution in [1.82, 2.24) is 29.5 Å². The lowest BCUT2D eigenvalue weighted by Gasteiger charge is -2.44. The highest BCUT2D eigenvalue weighted by atomic mass is 16.5. The Balaban J connectivity index is 1.33. The molecule has 0 atom stereocenters. The van der Waals surface area contributed by atoms with Crippen molar-refractivity contribution < 1.29 is 19.1 Å². The maximum atomic E-state index is 13.8. The van der Waals surface area contributed by atoms with Crippen LogP contribution in [-0.2, 0) is 21.6 Å². The lowest BCUT2D eigenvalue weighted by molar-refractivity contribution is -0.144. The SMILES string of the molecule is Cc1ccc(NC(=O)Nc2cn(C(C)(C)C)nc2C(=O)N2CCN(C)C(=O)C2(C)C)cc1-c1ccc(CN2CCOCC2)cn1. The maximum absolute atomic E-state index is 13.8. The van der Waals surface area contributed by atoms with Crippen molar-refractivity contribution in [2.45, 2.75) is 59.2 Å². The second kappa shape index (κ2) is 12.6. The standard InChI is InChI=1S/C33H44N8O4/c1-22-8-10-24(18-25(22)26-11-9-23(19-34-26)20-39-14-16-45-17-15-39)35-31(44)36-27-21-41(32(2,3)4)37-28(27)29(42)40-13-12-38(7)30(43)33(40,5)6/h8-11,18-19,21H,12-17,20H2,1-7H3,(H2,35,36,44). The van der Waals surface area contributed by atoms with Gasteiger partial charge in [-0.1, -0.05) is 12.1 Å². The highest BCUT2D eigenvalue weighted by Gasteiger charge is 2.44. The number of morpholine rings is 1. The quantitative estimate of drug-likeness (QED) is 0.426. The van der Waals surface area contributed by atoms with Gasteiger partial charge in [0.05, 0.1) is 36.3 Å². The number of amides is 4. The molecule has 0 spiro atoms. The van der Waals surface area contributed by atoms with Crippen molar-refractivity contribution in [1.29, 1.82) is 0 Å². The van der Waals surface area contributed by atoms with Gasteiger partial charge in [-0.25, -0.2) is 4.79 Å². The second-order valence-corrected chi connectivity index (χ2v) is 13.3. The van der Waals surface area contributed by atoms with Crippen LogP contribution in [0.2, 0.25) is 0 Å². The van der Waals surface area contributed by atoms with Crippen molar-refractivity contribution in [3.63, 3.8) is 0 Å².